The van der Waals surface area contributed by atoms with E-state index in [1.807, 2.05) is 39.0 Å². The Bertz CT molecular complexity index is 600. The van der Waals surface area contributed by atoms with Gasteiger partial charge in [-0.3, -0.25) is 4.79 Å². The van der Waals surface area contributed by atoms with Gasteiger partial charge in [-0.25, -0.2) is 0 Å². The van der Waals surface area contributed by atoms with Gasteiger partial charge in [0.05, 0.1) is 0 Å². The van der Waals surface area contributed by atoms with Gasteiger partial charge >= 0.3 is 0 Å². The van der Waals surface area contributed by atoms with Crippen molar-refractivity contribution in [2.75, 3.05) is 5.32 Å². The number of hydrogen-bond donors (Lipinski definition) is 1. The number of rotatable bonds is 2. The number of aryl methyl sites for hydroxylation is 3. The number of hydrogen-bond acceptors (Lipinski definition) is 3. The van der Waals surface area contributed by atoms with Crippen molar-refractivity contribution in [1.29, 1.82) is 0 Å². The minimum atomic E-state index is -0.240. The largest absolute Gasteiger partial charge is 0.361 e. The minimum absolute atomic E-state index is 0.240. The van der Waals surface area contributed by atoms with Gasteiger partial charge in [-0.15, -0.1) is 0 Å². The first kappa shape index (κ1) is 12.4. The molecule has 1 amide bonds. The lowest BCUT2D eigenvalue weighted by Crippen LogP contribution is -2.14. The van der Waals surface area contributed by atoms with Gasteiger partial charge in [0.15, 0.2) is 5.69 Å². The maximum absolute atomic E-state index is 12.1. The summed E-state index contributed by atoms with van der Waals surface area (Å²) in [6, 6.07) is 5.88. The maximum atomic E-state index is 12.1. The average Bonchev–Trinajstić information content (AvgIpc) is 2.64. The zero-order valence-electron chi connectivity index (χ0n) is 11.0. The van der Waals surface area contributed by atoms with Crippen molar-refractivity contribution in [3.63, 3.8) is 0 Å². The van der Waals surface area contributed by atoms with Crippen molar-refractivity contribution in [2.45, 2.75) is 27.7 Å². The molecular weight excluding hydrogens is 228 g/mol. The molecule has 1 N–H and O–H groups in total. The molecular formula is C14H16N2O2. The highest BCUT2D eigenvalue weighted by Crippen LogP contribution is 2.18. The molecule has 0 radical (unpaired) electrons. The van der Waals surface area contributed by atoms with Crippen LogP contribution >= 0.6 is 0 Å². The maximum Gasteiger partial charge on any atom is 0.278 e. The lowest BCUT2D eigenvalue weighted by atomic mass is 10.1. The van der Waals surface area contributed by atoms with E-state index < -0.39 is 0 Å². The molecule has 0 fully saturated rings. The van der Waals surface area contributed by atoms with E-state index in [0.29, 0.717) is 11.5 Å². The summed E-state index contributed by atoms with van der Waals surface area (Å²) in [6.07, 6.45) is 0. The molecule has 0 spiro atoms. The number of amides is 1. The Morgan fingerprint density at radius 3 is 2.50 bits per heavy atom. The topological polar surface area (TPSA) is 55.1 Å². The van der Waals surface area contributed by atoms with E-state index >= 15 is 0 Å². The van der Waals surface area contributed by atoms with Crippen LogP contribution in [0.25, 0.3) is 0 Å². The Morgan fingerprint density at radius 2 is 1.94 bits per heavy atom. The molecule has 18 heavy (non-hydrogen) atoms. The first-order valence-corrected chi connectivity index (χ1v) is 5.80. The summed E-state index contributed by atoms with van der Waals surface area (Å²) >= 11 is 0. The third-order valence-electron chi connectivity index (χ3n) is 3.00. The third-order valence-corrected chi connectivity index (χ3v) is 3.00. The number of benzene rings is 1. The van der Waals surface area contributed by atoms with Crippen molar-refractivity contribution >= 4 is 11.6 Å². The summed E-state index contributed by atoms with van der Waals surface area (Å²) in [4.78, 5) is 12.1. The first-order valence-electron chi connectivity index (χ1n) is 5.80. The molecule has 0 aliphatic heterocycles. The molecule has 2 rings (SSSR count). The molecule has 2 aromatic rings. The predicted octanol–water partition coefficient (Wildman–Crippen LogP) is 3.16. The molecule has 4 heteroatoms. The standard InChI is InChI=1S/C14H16N2O2/c1-8-5-6-12(9(2)7-8)15-14(17)13-10(3)11(4)18-16-13/h5-7H,1-4H3,(H,15,17). The summed E-state index contributed by atoms with van der Waals surface area (Å²) in [5.74, 6) is 0.428. The van der Waals surface area contributed by atoms with Gasteiger partial charge in [-0.05, 0) is 39.3 Å². The van der Waals surface area contributed by atoms with E-state index in [1.165, 1.54) is 5.56 Å². The first-order chi connectivity index (χ1) is 8.49. The summed E-state index contributed by atoms with van der Waals surface area (Å²) in [5, 5.41) is 6.62. The number of anilines is 1. The van der Waals surface area contributed by atoms with Crippen molar-refractivity contribution < 1.29 is 9.32 Å². The highest BCUT2D eigenvalue weighted by atomic mass is 16.5. The van der Waals surface area contributed by atoms with Crippen LogP contribution < -0.4 is 5.32 Å². The van der Waals surface area contributed by atoms with E-state index in [1.54, 1.807) is 6.92 Å². The Labute approximate surface area is 106 Å². The van der Waals surface area contributed by atoms with Gasteiger partial charge in [0.1, 0.15) is 5.76 Å². The highest BCUT2D eigenvalue weighted by Gasteiger charge is 2.16. The van der Waals surface area contributed by atoms with Crippen LogP contribution in [0.3, 0.4) is 0 Å². The second kappa shape index (κ2) is 4.64. The van der Waals surface area contributed by atoms with Crippen LogP contribution in [0, 0.1) is 27.7 Å². The van der Waals surface area contributed by atoms with Crippen LogP contribution in [0.4, 0.5) is 5.69 Å². The van der Waals surface area contributed by atoms with Gasteiger partial charge in [0, 0.05) is 11.3 Å². The van der Waals surface area contributed by atoms with Crippen LogP contribution in [0.2, 0.25) is 0 Å². The van der Waals surface area contributed by atoms with Crippen molar-refractivity contribution in [3.8, 4) is 0 Å². The van der Waals surface area contributed by atoms with Gasteiger partial charge in [-0.2, -0.15) is 0 Å². The predicted molar refractivity (Wildman–Crippen MR) is 69.8 cm³/mol. The summed E-state index contributed by atoms with van der Waals surface area (Å²) < 4.78 is 4.99. The normalized spacial score (nSPS) is 10.4. The summed E-state index contributed by atoms with van der Waals surface area (Å²) in [5.41, 5.74) is 4.11. The fraction of sp³-hybridized carbons (Fsp3) is 0.286. The van der Waals surface area contributed by atoms with E-state index in [2.05, 4.69) is 10.5 Å². The fourth-order valence-corrected chi connectivity index (χ4v) is 1.76. The van der Waals surface area contributed by atoms with E-state index in [4.69, 9.17) is 4.52 Å². The molecule has 0 saturated carbocycles. The van der Waals surface area contributed by atoms with Crippen LogP contribution in [0.1, 0.15) is 32.9 Å². The average molecular weight is 244 g/mol. The Morgan fingerprint density at radius 1 is 1.22 bits per heavy atom. The lowest BCUT2D eigenvalue weighted by Gasteiger charge is -2.07. The SMILES string of the molecule is Cc1ccc(NC(=O)c2noc(C)c2C)c(C)c1. The second-order valence-electron chi connectivity index (χ2n) is 4.48. The fourth-order valence-electron chi connectivity index (χ4n) is 1.76. The summed E-state index contributed by atoms with van der Waals surface area (Å²) in [6.45, 7) is 7.59. The molecule has 1 aromatic heterocycles. The van der Waals surface area contributed by atoms with Crippen molar-refractivity contribution in [3.05, 3.63) is 46.3 Å². The van der Waals surface area contributed by atoms with Crippen molar-refractivity contribution in [1.82, 2.24) is 5.16 Å². The van der Waals surface area contributed by atoms with Crippen molar-refractivity contribution in [2.24, 2.45) is 0 Å². The monoisotopic (exact) mass is 244 g/mol. The molecule has 0 unspecified atom stereocenters. The minimum Gasteiger partial charge on any atom is -0.361 e. The Hall–Kier alpha value is -2.10. The highest BCUT2D eigenvalue weighted by molar-refractivity contribution is 6.04. The van der Waals surface area contributed by atoms with Gasteiger partial charge < -0.3 is 9.84 Å². The Kier molecular flexibility index (Phi) is 3.19. The quantitative estimate of drug-likeness (QED) is 0.882. The number of carbonyl (C=O) groups excluding carboxylic acids is 1. The molecule has 0 bridgehead atoms. The molecule has 4 nitrogen and oxygen atoms in total. The van der Waals surface area contributed by atoms with Crippen LogP contribution in [0.5, 0.6) is 0 Å². The number of carbonyl (C=O) groups is 1. The molecule has 94 valence electrons. The van der Waals surface area contributed by atoms with Gasteiger partial charge in [-0.1, -0.05) is 22.9 Å². The van der Waals surface area contributed by atoms with Crippen LogP contribution in [0.15, 0.2) is 22.7 Å². The van der Waals surface area contributed by atoms with Gasteiger partial charge in [0.2, 0.25) is 0 Å². The van der Waals surface area contributed by atoms with Gasteiger partial charge in [0.25, 0.3) is 5.91 Å². The van der Waals surface area contributed by atoms with E-state index in [-0.39, 0.29) is 5.91 Å². The zero-order valence-corrected chi connectivity index (χ0v) is 11.0. The van der Waals surface area contributed by atoms with E-state index in [9.17, 15) is 4.79 Å². The number of nitrogens with zero attached hydrogens (tertiary/aromatic N) is 1. The third kappa shape index (κ3) is 2.27. The number of nitrogens with one attached hydrogen (secondary N) is 1. The molecule has 0 aliphatic carbocycles. The molecule has 1 aromatic carbocycles. The zero-order chi connectivity index (χ0) is 13.3. The van der Waals surface area contributed by atoms with Crippen LogP contribution in [-0.2, 0) is 0 Å². The Balaban J connectivity index is 2.24. The molecule has 1 heterocycles. The van der Waals surface area contributed by atoms with Crippen LogP contribution in [-0.4, -0.2) is 11.1 Å². The van der Waals surface area contributed by atoms with E-state index in [0.717, 1.165) is 16.8 Å². The lowest BCUT2D eigenvalue weighted by molar-refractivity contribution is 0.101. The molecule has 0 saturated heterocycles. The molecule has 0 aliphatic rings. The summed E-state index contributed by atoms with van der Waals surface area (Å²) in [7, 11) is 0. The second-order valence-corrected chi connectivity index (χ2v) is 4.48. The number of aromatic nitrogens is 1. The molecule has 0 atom stereocenters. The smallest absolute Gasteiger partial charge is 0.278 e.